The van der Waals surface area contributed by atoms with E-state index in [1.54, 1.807) is 0 Å². The summed E-state index contributed by atoms with van der Waals surface area (Å²) < 4.78 is 214. The van der Waals surface area contributed by atoms with Crippen molar-refractivity contribution >= 4 is 5.97 Å². The second kappa shape index (κ2) is 9.56. The quantitative estimate of drug-likeness (QED) is 0.651. The molecule has 0 aromatic heterocycles. The number of hydrogen-bond donors (Lipinski definition) is 1. The van der Waals surface area contributed by atoms with Crippen LogP contribution in [0.3, 0.4) is 0 Å². The molecule has 2 heterocycles. The van der Waals surface area contributed by atoms with Crippen LogP contribution in [-0.4, -0.2) is 50.0 Å². The molecular formula is C24H38N2O4. The molecule has 2 aliphatic heterocycles. The van der Waals surface area contributed by atoms with Crippen LogP contribution in [0.15, 0.2) is 12.1 Å². The molecule has 6 heteroatoms. The lowest BCUT2D eigenvalue weighted by molar-refractivity contribution is -0.160. The second-order valence-electron chi connectivity index (χ2n) is 6.94. The first-order chi connectivity index (χ1) is 23.4. The molecule has 1 saturated heterocycles. The minimum Gasteiger partial charge on any atom is -0.493 e. The smallest absolute Gasteiger partial charge is 0.323 e. The number of ether oxygens (including phenoxy) is 3. The van der Waals surface area contributed by atoms with E-state index in [4.69, 9.17) is 44.6 Å². The van der Waals surface area contributed by atoms with Gasteiger partial charge in [0.25, 0.3) is 0 Å². The second-order valence-corrected chi connectivity index (χ2v) is 6.94. The summed E-state index contributed by atoms with van der Waals surface area (Å²) >= 11 is 0. The topological polar surface area (TPSA) is 74.0 Å². The van der Waals surface area contributed by atoms with Gasteiger partial charge in [-0.05, 0) is 47.9 Å². The van der Waals surface area contributed by atoms with Crippen molar-refractivity contribution in [2.75, 3.05) is 27.1 Å². The molecule has 2 aliphatic rings. The van der Waals surface area contributed by atoms with Gasteiger partial charge in [-0.2, -0.15) is 0 Å². The van der Waals surface area contributed by atoms with Crippen LogP contribution in [0.25, 0.3) is 0 Å². The number of hydrogen-bond acceptors (Lipinski definition) is 6. The highest BCUT2D eigenvalue weighted by Crippen LogP contribution is 2.44. The van der Waals surface area contributed by atoms with Gasteiger partial charge >= 0.3 is 5.97 Å². The number of benzene rings is 1. The highest BCUT2D eigenvalue weighted by atomic mass is 16.5. The van der Waals surface area contributed by atoms with Gasteiger partial charge < -0.3 is 19.9 Å². The Bertz CT molecular complexity index is 1620. The van der Waals surface area contributed by atoms with E-state index in [9.17, 15) is 13.0 Å². The van der Waals surface area contributed by atoms with Crippen molar-refractivity contribution in [1.29, 1.82) is 0 Å². The Kier molecular flexibility index (Phi) is 2.27. The van der Waals surface area contributed by atoms with Gasteiger partial charge in [-0.3, -0.25) is 9.69 Å². The molecule has 6 nitrogen and oxygen atoms in total. The van der Waals surface area contributed by atoms with E-state index in [-0.39, 0.29) is 4.90 Å². The first-order valence-corrected chi connectivity index (χ1v) is 8.82. The summed E-state index contributed by atoms with van der Waals surface area (Å²) in [6, 6.07) is -6.11. The number of rotatable bonds is 7. The molecule has 3 rings (SSSR count). The average molecular weight is 443 g/mol. The van der Waals surface area contributed by atoms with Gasteiger partial charge in [-0.15, -0.1) is 0 Å². The largest absolute Gasteiger partial charge is 0.493 e. The van der Waals surface area contributed by atoms with Crippen LogP contribution >= 0.6 is 0 Å². The normalized spacial score (nSPS) is 51.4. The Morgan fingerprint density at radius 1 is 1.37 bits per heavy atom. The number of nitrogens with two attached hydrogens (primary N) is 1. The monoisotopic (exact) mass is 442 g/mol. The molecule has 4 atom stereocenters. The van der Waals surface area contributed by atoms with Gasteiger partial charge in [-0.25, -0.2) is 0 Å². The lowest BCUT2D eigenvalue weighted by Crippen LogP contribution is -2.51. The third-order valence-corrected chi connectivity index (χ3v) is 4.29. The average Bonchev–Trinajstić information content (AvgIpc) is 2.90. The molecule has 3 unspecified atom stereocenters. The van der Waals surface area contributed by atoms with Gasteiger partial charge in [0.2, 0.25) is 0 Å². The van der Waals surface area contributed by atoms with Crippen molar-refractivity contribution < 1.29 is 51.9 Å². The molecule has 0 aliphatic carbocycles. The molecule has 0 bridgehead atoms. The molecule has 168 valence electrons. The molecule has 0 spiro atoms. The molecular weight excluding hydrogens is 380 g/mol. The number of carbonyl (C=O) groups is 1. The van der Waals surface area contributed by atoms with Crippen molar-refractivity contribution in [3.05, 3.63) is 23.3 Å². The van der Waals surface area contributed by atoms with E-state index < -0.39 is 124 Å². The van der Waals surface area contributed by atoms with E-state index in [1.807, 2.05) is 0 Å². The highest BCUT2D eigenvalue weighted by molar-refractivity contribution is 5.76. The van der Waals surface area contributed by atoms with E-state index in [0.717, 1.165) is 0 Å². The van der Waals surface area contributed by atoms with Crippen LogP contribution in [0.1, 0.15) is 90.4 Å². The summed E-state index contributed by atoms with van der Waals surface area (Å²) in [4.78, 5) is 13.7. The van der Waals surface area contributed by atoms with Crippen molar-refractivity contribution in [3.8, 4) is 11.5 Å². The summed E-state index contributed by atoms with van der Waals surface area (Å²) in [5, 5.41) is 0. The van der Waals surface area contributed by atoms with E-state index >= 15 is 0 Å². The molecule has 1 aromatic rings. The van der Waals surface area contributed by atoms with Crippen molar-refractivity contribution in [1.82, 2.24) is 4.90 Å². The van der Waals surface area contributed by atoms with Crippen LogP contribution in [0.4, 0.5) is 0 Å². The summed E-state index contributed by atoms with van der Waals surface area (Å²) in [5.74, 6) is -13.6. The van der Waals surface area contributed by atoms with Gasteiger partial charge in [-0.1, -0.05) is 27.6 Å². The fourth-order valence-electron chi connectivity index (χ4n) is 2.92. The number of carbonyl (C=O) groups excluding carboxylic acids is 1. The van der Waals surface area contributed by atoms with Crippen LogP contribution in [-0.2, 0) is 15.9 Å². The van der Waals surface area contributed by atoms with Crippen LogP contribution < -0.4 is 15.2 Å². The maximum Gasteiger partial charge on any atom is 0.323 e. The number of piperidine rings is 1. The zero-order chi connectivity index (χ0) is 42.9. The predicted molar refractivity (Wildman–Crippen MR) is 118 cm³/mol. The lowest BCUT2D eigenvalue weighted by Gasteiger charge is -2.47. The minimum absolute atomic E-state index is 0.113. The zero-order valence-electron chi connectivity index (χ0n) is 40.2. The number of fused-ring (bicyclic) bond motifs is 3. The molecule has 2 N–H and O–H groups in total. The SMILES string of the molecule is [2H]C([2H])([2H])Oc1cc2c(cc1OC([2H])([2H])[2H])C([2H])([2H])C([2H])([2H])N1C2C([2H])([2H])C([2H])(OC(=O)[C@@]([2H])(N)C([2H])(C([2H])([2H])[2H])C([2H])([2H])[2H])C([2H])(CC(C)C)C1([2H])[2H]. The Morgan fingerprint density at radius 3 is 2.77 bits per heavy atom. The molecule has 0 saturated carbocycles. The van der Waals surface area contributed by atoms with Gasteiger partial charge in [0.15, 0.2) is 11.5 Å². The number of methoxy groups -OCH3 is 2. The van der Waals surface area contributed by atoms with Gasteiger partial charge in [0.05, 0.1) is 25.0 Å². The third kappa shape index (κ3) is 4.75. The first-order valence-electron chi connectivity index (χ1n) is 20.8. The Balaban J connectivity index is 2.56. The summed E-state index contributed by atoms with van der Waals surface area (Å²) in [6.45, 7) is -13.2. The standard InChI is InChI=1S/C24H38N2O4/c1-14(2)9-17-13-26-8-7-16-10-21(28-5)22(29-6)11-18(16)19(26)12-20(17)30-24(27)23(25)15(3)4/h10-11,14-15,17,19-20,23H,7-9,12-13,25H2,1-6H3/t17?,19?,20?,23-/m0/s1/i3D3,4D3,5D3,6D3,7D2,8D2,12D2,13D2,15D,17D,20D,23D. The summed E-state index contributed by atoms with van der Waals surface area (Å²) in [6.07, 6.45) is -12.7. The van der Waals surface area contributed by atoms with Gasteiger partial charge in [0, 0.05) is 53.2 Å². The molecule has 1 fully saturated rings. The third-order valence-electron chi connectivity index (χ3n) is 4.29. The number of aryl methyl sites for hydroxylation is 1. The predicted octanol–water partition coefficient (Wildman–Crippen LogP) is 3.56. The Morgan fingerprint density at radius 2 is 2.10 bits per heavy atom. The van der Waals surface area contributed by atoms with E-state index in [1.165, 1.54) is 13.8 Å². The summed E-state index contributed by atoms with van der Waals surface area (Å²) in [5.41, 5.74) is 3.69. The lowest BCUT2D eigenvalue weighted by atomic mass is 9.79. The van der Waals surface area contributed by atoms with Gasteiger partial charge in [0.1, 0.15) is 12.1 Å². The van der Waals surface area contributed by atoms with Crippen molar-refractivity contribution in [2.45, 2.75) is 64.9 Å². The summed E-state index contributed by atoms with van der Waals surface area (Å²) in [7, 11) is -6.80. The minimum atomic E-state index is -4.28. The maximum absolute atomic E-state index is 13.8. The van der Waals surface area contributed by atoms with E-state index in [2.05, 4.69) is 0 Å². The van der Waals surface area contributed by atoms with Crippen LogP contribution in [0, 0.1) is 17.7 Å². The maximum atomic E-state index is 13.8. The number of nitrogens with zero attached hydrogens (tertiary/aromatic N) is 1. The van der Waals surface area contributed by atoms with Crippen molar-refractivity contribution in [3.63, 3.8) is 0 Å². The fraction of sp³-hybridized carbons (Fsp3) is 0.708. The van der Waals surface area contributed by atoms with E-state index in [0.29, 0.717) is 12.1 Å². The molecule has 0 radical (unpaired) electrons. The number of esters is 1. The van der Waals surface area contributed by atoms with Crippen LogP contribution in [0.5, 0.6) is 11.5 Å². The van der Waals surface area contributed by atoms with Crippen molar-refractivity contribution in [2.24, 2.45) is 23.4 Å². The molecule has 1 aromatic carbocycles. The van der Waals surface area contributed by atoms with Crippen LogP contribution in [0.2, 0.25) is 0 Å². The zero-order valence-corrected chi connectivity index (χ0v) is 16.2. The Labute approximate surface area is 214 Å². The fourth-order valence-corrected chi connectivity index (χ4v) is 2.92. The Hall–Kier alpha value is -1.79. The molecule has 30 heavy (non-hydrogen) atoms. The first kappa shape index (κ1) is 7.11. The highest BCUT2D eigenvalue weighted by Gasteiger charge is 2.41. The molecule has 0 amide bonds.